The molecule has 0 aliphatic rings. The van der Waals surface area contributed by atoms with Crippen molar-refractivity contribution < 1.29 is 14.7 Å². The Morgan fingerprint density at radius 3 is 2.52 bits per heavy atom. The molecule has 0 saturated heterocycles. The molecule has 2 rings (SSSR count). The first kappa shape index (κ1) is 14.4. The molecular formula is C14H14N4O3. The molecule has 0 unspecified atom stereocenters. The van der Waals surface area contributed by atoms with Crippen LogP contribution in [0.4, 0.5) is 10.5 Å². The zero-order chi connectivity index (χ0) is 15.1. The number of nitrogens with one attached hydrogen (secondary N) is 2. The summed E-state index contributed by atoms with van der Waals surface area (Å²) in [5, 5.41) is 14.0. The number of carboxylic acids is 1. The smallest absolute Gasteiger partial charge is 0.319 e. The minimum atomic E-state index is -0.890. The van der Waals surface area contributed by atoms with Gasteiger partial charge in [0, 0.05) is 11.9 Å². The van der Waals surface area contributed by atoms with E-state index in [9.17, 15) is 9.59 Å². The quantitative estimate of drug-likeness (QED) is 0.771. The SMILES string of the molecule is O=C(O)Cc1ccc(NC(=O)NCc2ccncn2)cc1. The molecule has 3 N–H and O–H groups in total. The van der Waals surface area contributed by atoms with Crippen molar-refractivity contribution in [3.05, 3.63) is 54.1 Å². The highest BCUT2D eigenvalue weighted by atomic mass is 16.4. The molecule has 0 aliphatic heterocycles. The van der Waals surface area contributed by atoms with Gasteiger partial charge in [-0.25, -0.2) is 14.8 Å². The number of hydrogen-bond acceptors (Lipinski definition) is 4. The Balaban J connectivity index is 1.83. The molecule has 0 radical (unpaired) electrons. The van der Waals surface area contributed by atoms with E-state index >= 15 is 0 Å². The Kier molecular flexibility index (Phi) is 4.81. The molecule has 0 aliphatic carbocycles. The number of rotatable bonds is 5. The first-order chi connectivity index (χ1) is 10.1. The molecule has 0 saturated carbocycles. The van der Waals surface area contributed by atoms with Gasteiger partial charge in [-0.3, -0.25) is 4.79 Å². The molecule has 2 aromatic rings. The highest BCUT2D eigenvalue weighted by molar-refractivity contribution is 5.89. The normalized spacial score (nSPS) is 9.90. The lowest BCUT2D eigenvalue weighted by Crippen LogP contribution is -2.28. The number of carbonyl (C=O) groups excluding carboxylic acids is 1. The second-order valence-corrected chi connectivity index (χ2v) is 4.28. The number of anilines is 1. The summed E-state index contributed by atoms with van der Waals surface area (Å²) in [5.74, 6) is -0.890. The van der Waals surface area contributed by atoms with Gasteiger partial charge < -0.3 is 15.7 Å². The van der Waals surface area contributed by atoms with Crippen molar-refractivity contribution in [3.63, 3.8) is 0 Å². The number of hydrogen-bond donors (Lipinski definition) is 3. The van der Waals surface area contributed by atoms with Gasteiger partial charge in [0.05, 0.1) is 18.7 Å². The standard InChI is InChI=1S/C14H14N4O3/c19-13(20)7-10-1-3-11(4-2-10)18-14(21)16-8-12-5-6-15-9-17-12/h1-6,9H,7-8H2,(H,19,20)(H2,16,18,21). The van der Waals surface area contributed by atoms with Crippen molar-refractivity contribution in [1.29, 1.82) is 0 Å². The van der Waals surface area contributed by atoms with Crippen LogP contribution in [-0.2, 0) is 17.8 Å². The number of aromatic nitrogens is 2. The van der Waals surface area contributed by atoms with Gasteiger partial charge in [-0.1, -0.05) is 12.1 Å². The minimum absolute atomic E-state index is 0.0415. The molecule has 2 amide bonds. The summed E-state index contributed by atoms with van der Waals surface area (Å²) in [5.41, 5.74) is 1.97. The average molecular weight is 286 g/mol. The number of aliphatic carboxylic acids is 1. The van der Waals surface area contributed by atoms with Crippen LogP contribution in [0.3, 0.4) is 0 Å². The second-order valence-electron chi connectivity index (χ2n) is 4.28. The van der Waals surface area contributed by atoms with Gasteiger partial charge in [0.25, 0.3) is 0 Å². The zero-order valence-corrected chi connectivity index (χ0v) is 11.1. The summed E-state index contributed by atoms with van der Waals surface area (Å²) in [7, 11) is 0. The van der Waals surface area contributed by atoms with E-state index in [1.807, 2.05) is 0 Å². The number of carboxylic acid groups (broad SMARTS) is 1. The Morgan fingerprint density at radius 2 is 1.90 bits per heavy atom. The fraction of sp³-hybridized carbons (Fsp3) is 0.143. The van der Waals surface area contributed by atoms with Crippen molar-refractivity contribution in [3.8, 4) is 0 Å². The molecule has 7 heteroatoms. The summed E-state index contributed by atoms with van der Waals surface area (Å²) >= 11 is 0. The molecule has 7 nitrogen and oxygen atoms in total. The molecule has 1 aromatic heterocycles. The van der Waals surface area contributed by atoms with E-state index in [-0.39, 0.29) is 12.5 Å². The Bertz CT molecular complexity index is 614. The second kappa shape index (κ2) is 6.99. The van der Waals surface area contributed by atoms with Crippen LogP contribution in [0.5, 0.6) is 0 Å². The van der Waals surface area contributed by atoms with Crippen LogP contribution in [0.25, 0.3) is 0 Å². The van der Waals surface area contributed by atoms with E-state index in [0.717, 1.165) is 0 Å². The molecule has 0 atom stereocenters. The topological polar surface area (TPSA) is 104 Å². The largest absolute Gasteiger partial charge is 0.481 e. The molecule has 108 valence electrons. The van der Waals surface area contributed by atoms with Crippen molar-refractivity contribution in [1.82, 2.24) is 15.3 Å². The third-order valence-electron chi connectivity index (χ3n) is 2.64. The number of carbonyl (C=O) groups is 2. The lowest BCUT2D eigenvalue weighted by molar-refractivity contribution is -0.136. The molecule has 0 fully saturated rings. The lowest BCUT2D eigenvalue weighted by atomic mass is 10.1. The molecular weight excluding hydrogens is 272 g/mol. The summed E-state index contributed by atoms with van der Waals surface area (Å²) < 4.78 is 0. The monoisotopic (exact) mass is 286 g/mol. The zero-order valence-electron chi connectivity index (χ0n) is 11.1. The highest BCUT2D eigenvalue weighted by Gasteiger charge is 2.04. The molecule has 1 heterocycles. The third-order valence-corrected chi connectivity index (χ3v) is 2.64. The predicted molar refractivity (Wildman–Crippen MR) is 75.7 cm³/mol. The van der Waals surface area contributed by atoms with E-state index in [4.69, 9.17) is 5.11 Å². The summed E-state index contributed by atoms with van der Waals surface area (Å²) in [6, 6.07) is 7.98. The molecule has 21 heavy (non-hydrogen) atoms. The van der Waals surface area contributed by atoms with Gasteiger partial charge in [-0.2, -0.15) is 0 Å². The minimum Gasteiger partial charge on any atom is -0.481 e. The van der Waals surface area contributed by atoms with Crippen LogP contribution in [0, 0.1) is 0 Å². The third kappa shape index (κ3) is 4.90. The van der Waals surface area contributed by atoms with E-state index in [2.05, 4.69) is 20.6 Å². The lowest BCUT2D eigenvalue weighted by Gasteiger charge is -2.07. The van der Waals surface area contributed by atoms with E-state index in [1.54, 1.807) is 36.5 Å². The first-order valence-electron chi connectivity index (χ1n) is 6.24. The first-order valence-corrected chi connectivity index (χ1v) is 6.24. The van der Waals surface area contributed by atoms with Gasteiger partial charge in [0.2, 0.25) is 0 Å². The van der Waals surface area contributed by atoms with Crippen molar-refractivity contribution in [2.75, 3.05) is 5.32 Å². The fourth-order valence-corrected chi connectivity index (χ4v) is 1.65. The van der Waals surface area contributed by atoms with Crippen LogP contribution >= 0.6 is 0 Å². The van der Waals surface area contributed by atoms with E-state index < -0.39 is 5.97 Å². The summed E-state index contributed by atoms with van der Waals surface area (Å²) in [4.78, 5) is 30.0. The fourth-order valence-electron chi connectivity index (χ4n) is 1.65. The number of benzene rings is 1. The van der Waals surface area contributed by atoms with Crippen LogP contribution < -0.4 is 10.6 Å². The Hall–Kier alpha value is -2.96. The summed E-state index contributed by atoms with van der Waals surface area (Å²) in [6.07, 6.45) is 2.97. The summed E-state index contributed by atoms with van der Waals surface area (Å²) in [6.45, 7) is 0.297. The van der Waals surface area contributed by atoms with Crippen LogP contribution in [0.2, 0.25) is 0 Å². The Labute approximate surface area is 121 Å². The van der Waals surface area contributed by atoms with Gasteiger partial charge >= 0.3 is 12.0 Å². The van der Waals surface area contributed by atoms with Gasteiger partial charge in [0.15, 0.2) is 0 Å². The van der Waals surface area contributed by atoms with Gasteiger partial charge in [-0.05, 0) is 23.8 Å². The van der Waals surface area contributed by atoms with E-state index in [0.29, 0.717) is 23.5 Å². The van der Waals surface area contributed by atoms with E-state index in [1.165, 1.54) is 6.33 Å². The maximum atomic E-state index is 11.7. The van der Waals surface area contributed by atoms with Crippen LogP contribution in [0.1, 0.15) is 11.3 Å². The van der Waals surface area contributed by atoms with Crippen molar-refractivity contribution in [2.24, 2.45) is 0 Å². The van der Waals surface area contributed by atoms with Crippen molar-refractivity contribution >= 4 is 17.7 Å². The predicted octanol–water partition coefficient (Wildman–Crippen LogP) is 1.43. The maximum Gasteiger partial charge on any atom is 0.319 e. The van der Waals surface area contributed by atoms with Crippen LogP contribution in [-0.4, -0.2) is 27.1 Å². The van der Waals surface area contributed by atoms with Crippen LogP contribution in [0.15, 0.2) is 42.9 Å². The number of nitrogens with zero attached hydrogens (tertiary/aromatic N) is 2. The molecule has 0 spiro atoms. The van der Waals surface area contributed by atoms with Gasteiger partial charge in [0.1, 0.15) is 6.33 Å². The highest BCUT2D eigenvalue weighted by Crippen LogP contribution is 2.10. The number of amides is 2. The van der Waals surface area contributed by atoms with Crippen molar-refractivity contribution in [2.45, 2.75) is 13.0 Å². The molecule has 0 bridgehead atoms. The molecule has 1 aromatic carbocycles. The maximum absolute atomic E-state index is 11.7. The Morgan fingerprint density at radius 1 is 1.14 bits per heavy atom. The average Bonchev–Trinajstić information content (AvgIpc) is 2.48. The van der Waals surface area contributed by atoms with Gasteiger partial charge in [-0.15, -0.1) is 0 Å². The number of urea groups is 1.